The molecule has 1 aliphatic rings. The third-order valence-corrected chi connectivity index (χ3v) is 4.80. The van der Waals surface area contributed by atoms with E-state index in [0.29, 0.717) is 11.1 Å². The van der Waals surface area contributed by atoms with E-state index in [4.69, 9.17) is 9.47 Å². The van der Waals surface area contributed by atoms with Gasteiger partial charge >= 0.3 is 5.97 Å². The summed E-state index contributed by atoms with van der Waals surface area (Å²) in [7, 11) is 0. The number of hydrogen-bond donors (Lipinski definition) is 1. The number of nitrogens with zero attached hydrogens (tertiary/aromatic N) is 1. The second-order valence-corrected chi connectivity index (χ2v) is 6.95. The van der Waals surface area contributed by atoms with Gasteiger partial charge in [0.05, 0.1) is 5.52 Å². The molecule has 0 aliphatic carbocycles. The van der Waals surface area contributed by atoms with Gasteiger partial charge in [0, 0.05) is 29.6 Å². The van der Waals surface area contributed by atoms with Crippen LogP contribution in [0, 0.1) is 0 Å². The summed E-state index contributed by atoms with van der Waals surface area (Å²) in [5.41, 5.74) is 0.0891. The van der Waals surface area contributed by atoms with Gasteiger partial charge in [-0.05, 0) is 31.2 Å². The molecule has 1 N–H and O–H groups in total. The molecule has 0 spiro atoms. The molecular formula is C23H18N2O5. The molecule has 150 valence electrons. The number of ether oxygens (including phenoxy) is 2. The predicted molar refractivity (Wildman–Crippen MR) is 108 cm³/mol. The number of Topliss-reactive ketones (excluding diaryl/α,β-unsaturated/α-hetero) is 1. The van der Waals surface area contributed by atoms with Crippen molar-refractivity contribution in [3.05, 3.63) is 89.6 Å². The minimum absolute atomic E-state index is 0.209. The Morgan fingerprint density at radius 1 is 1.07 bits per heavy atom. The molecule has 3 aromatic rings. The zero-order valence-corrected chi connectivity index (χ0v) is 16.3. The second-order valence-electron chi connectivity index (χ2n) is 6.95. The van der Waals surface area contributed by atoms with Gasteiger partial charge in [0.15, 0.2) is 0 Å². The summed E-state index contributed by atoms with van der Waals surface area (Å²) < 4.78 is 11.0. The lowest BCUT2D eigenvalue weighted by Gasteiger charge is -2.23. The van der Waals surface area contributed by atoms with E-state index in [9.17, 15) is 14.4 Å². The number of pyridine rings is 1. The fourth-order valence-corrected chi connectivity index (χ4v) is 3.22. The van der Waals surface area contributed by atoms with Crippen LogP contribution in [0.2, 0.25) is 0 Å². The Kier molecular flexibility index (Phi) is 4.79. The largest absolute Gasteiger partial charge is 0.456 e. The molecule has 2 heterocycles. The molecule has 0 saturated heterocycles. The maximum Gasteiger partial charge on any atom is 0.308 e. The Hall–Kier alpha value is -4.00. The first kappa shape index (κ1) is 19.3. The summed E-state index contributed by atoms with van der Waals surface area (Å²) in [6, 6.07) is 17.7. The zero-order valence-electron chi connectivity index (χ0n) is 16.3. The highest BCUT2D eigenvalue weighted by Crippen LogP contribution is 2.39. The number of nitrogens with one attached hydrogen (secondary N) is 1. The number of esters is 1. The van der Waals surface area contributed by atoms with Crippen LogP contribution in [0.25, 0.3) is 10.9 Å². The third kappa shape index (κ3) is 3.41. The molecule has 1 unspecified atom stereocenters. The van der Waals surface area contributed by atoms with E-state index >= 15 is 0 Å². The number of hydrogen-bond acceptors (Lipinski definition) is 6. The number of rotatable bonds is 4. The number of aromatic nitrogens is 1. The first-order chi connectivity index (χ1) is 14.4. The molecule has 1 aromatic heterocycles. The van der Waals surface area contributed by atoms with E-state index in [1.54, 1.807) is 43.3 Å². The number of para-hydroxylation sites is 1. The first-order valence-electron chi connectivity index (χ1n) is 9.26. The van der Waals surface area contributed by atoms with Crippen molar-refractivity contribution < 1.29 is 23.9 Å². The molecule has 0 saturated carbocycles. The summed E-state index contributed by atoms with van der Waals surface area (Å²) in [5, 5.41) is 3.37. The van der Waals surface area contributed by atoms with Crippen molar-refractivity contribution in [2.45, 2.75) is 19.4 Å². The van der Waals surface area contributed by atoms with E-state index in [-0.39, 0.29) is 11.6 Å². The summed E-state index contributed by atoms with van der Waals surface area (Å²) in [4.78, 5) is 41.7. The minimum Gasteiger partial charge on any atom is -0.456 e. The van der Waals surface area contributed by atoms with Crippen LogP contribution in [0.1, 0.15) is 29.8 Å². The molecule has 1 atom stereocenters. The monoisotopic (exact) mass is 402 g/mol. The number of fused-ring (bicyclic) bond motifs is 1. The lowest BCUT2D eigenvalue weighted by atomic mass is 9.92. The fourth-order valence-electron chi connectivity index (χ4n) is 3.22. The maximum absolute atomic E-state index is 13.2. The van der Waals surface area contributed by atoms with Crippen molar-refractivity contribution in [3.63, 3.8) is 0 Å². The van der Waals surface area contributed by atoms with Gasteiger partial charge in [-0.3, -0.25) is 24.7 Å². The third-order valence-electron chi connectivity index (χ3n) is 4.80. The lowest BCUT2D eigenvalue weighted by Crippen LogP contribution is -2.32. The normalized spacial score (nSPS) is 18.3. The summed E-state index contributed by atoms with van der Waals surface area (Å²) in [6.07, 6.45) is 1.54. The molecule has 1 aliphatic heterocycles. The average Bonchev–Trinajstić information content (AvgIpc) is 2.99. The quantitative estimate of drug-likeness (QED) is 0.674. The van der Waals surface area contributed by atoms with Crippen molar-refractivity contribution in [1.82, 2.24) is 10.3 Å². The van der Waals surface area contributed by atoms with E-state index in [1.807, 2.05) is 24.3 Å². The van der Waals surface area contributed by atoms with Gasteiger partial charge in [-0.15, -0.1) is 0 Å². The van der Waals surface area contributed by atoms with Gasteiger partial charge in [0.25, 0.3) is 11.7 Å². The van der Waals surface area contributed by atoms with Crippen LogP contribution in [-0.4, -0.2) is 22.6 Å². The molecule has 2 aromatic carbocycles. The van der Waals surface area contributed by atoms with E-state index in [0.717, 1.165) is 10.9 Å². The molecule has 0 bridgehead atoms. The molecule has 7 nitrogen and oxygen atoms in total. The second kappa shape index (κ2) is 7.44. The summed E-state index contributed by atoms with van der Waals surface area (Å²) in [5.74, 6) is -2.33. The first-order valence-corrected chi connectivity index (χ1v) is 9.26. The molecule has 1 amide bonds. The van der Waals surface area contributed by atoms with Crippen LogP contribution in [0.4, 0.5) is 0 Å². The van der Waals surface area contributed by atoms with Gasteiger partial charge in [0.2, 0.25) is 17.2 Å². The molecule has 0 radical (unpaired) electrons. The topological polar surface area (TPSA) is 94.6 Å². The van der Waals surface area contributed by atoms with Crippen molar-refractivity contribution in [2.24, 2.45) is 0 Å². The maximum atomic E-state index is 13.2. The zero-order chi connectivity index (χ0) is 21.3. The molecular weight excluding hydrogens is 384 g/mol. The van der Waals surface area contributed by atoms with Crippen LogP contribution in [-0.2, 0) is 24.7 Å². The van der Waals surface area contributed by atoms with E-state index in [1.165, 1.54) is 13.1 Å². The number of carbonyl (C=O) groups excluding carboxylic acids is 3. The summed E-state index contributed by atoms with van der Waals surface area (Å²) in [6.45, 7) is 2.72. The molecule has 7 heteroatoms. The number of benzene rings is 2. The van der Waals surface area contributed by atoms with Crippen LogP contribution >= 0.6 is 0 Å². The molecule has 30 heavy (non-hydrogen) atoms. The Morgan fingerprint density at radius 3 is 2.50 bits per heavy atom. The van der Waals surface area contributed by atoms with Gasteiger partial charge in [0.1, 0.15) is 0 Å². The van der Waals surface area contributed by atoms with Gasteiger partial charge < -0.3 is 9.47 Å². The lowest BCUT2D eigenvalue weighted by molar-refractivity contribution is -0.142. The SMILES string of the molecule is CC(=O)OC1=C(NC(=O)c2ccccc2)OC(C)(c2cnc3ccccc3c2)C1=O. The minimum atomic E-state index is -1.51. The van der Waals surface area contributed by atoms with Crippen LogP contribution in [0.3, 0.4) is 0 Å². The average molecular weight is 402 g/mol. The van der Waals surface area contributed by atoms with Crippen molar-refractivity contribution in [3.8, 4) is 0 Å². The van der Waals surface area contributed by atoms with Crippen molar-refractivity contribution >= 4 is 28.6 Å². The smallest absolute Gasteiger partial charge is 0.308 e. The number of carbonyl (C=O) groups is 3. The van der Waals surface area contributed by atoms with Gasteiger partial charge in [-0.1, -0.05) is 36.4 Å². The highest BCUT2D eigenvalue weighted by molar-refractivity contribution is 6.06. The van der Waals surface area contributed by atoms with Gasteiger partial charge in [-0.2, -0.15) is 0 Å². The number of amides is 1. The highest BCUT2D eigenvalue weighted by Gasteiger charge is 2.50. The van der Waals surface area contributed by atoms with Crippen molar-refractivity contribution in [1.29, 1.82) is 0 Å². The van der Waals surface area contributed by atoms with Crippen LogP contribution in [0.15, 0.2) is 78.5 Å². The highest BCUT2D eigenvalue weighted by atomic mass is 16.6. The molecule has 4 rings (SSSR count). The predicted octanol–water partition coefficient (Wildman–Crippen LogP) is 3.21. The van der Waals surface area contributed by atoms with Crippen molar-refractivity contribution in [2.75, 3.05) is 0 Å². The van der Waals surface area contributed by atoms with E-state index in [2.05, 4.69) is 10.3 Å². The van der Waals surface area contributed by atoms with Gasteiger partial charge in [-0.25, -0.2) is 0 Å². The standard InChI is InChI=1S/C23H18N2O5/c1-14(26)29-19-20(27)23(2,17-12-16-10-6-7-11-18(16)24-13-17)30-22(19)25-21(28)15-8-4-3-5-9-15/h3-13H,1-2H3,(H,25,28). The molecule has 0 fully saturated rings. The Bertz CT molecular complexity index is 1200. The Balaban J connectivity index is 1.71. The fraction of sp³-hybridized carbons (Fsp3) is 0.130. The Labute approximate surface area is 172 Å². The number of ketones is 1. The van der Waals surface area contributed by atoms with Crippen LogP contribution < -0.4 is 5.32 Å². The van der Waals surface area contributed by atoms with E-state index < -0.39 is 23.3 Å². The Morgan fingerprint density at radius 2 is 1.77 bits per heavy atom. The summed E-state index contributed by atoms with van der Waals surface area (Å²) >= 11 is 0. The van der Waals surface area contributed by atoms with Crippen LogP contribution in [0.5, 0.6) is 0 Å².